The average Bonchev–Trinajstić information content (AvgIpc) is 2.60. The van der Waals surface area contributed by atoms with Crippen LogP contribution < -0.4 is 5.32 Å². The van der Waals surface area contributed by atoms with Gasteiger partial charge in [-0.3, -0.25) is 0 Å². The summed E-state index contributed by atoms with van der Waals surface area (Å²) in [5.41, 5.74) is 0.830. The van der Waals surface area contributed by atoms with Crippen LogP contribution in [0.3, 0.4) is 0 Å². The van der Waals surface area contributed by atoms with Crippen LogP contribution in [0.2, 0.25) is 0 Å². The van der Waals surface area contributed by atoms with Crippen LogP contribution in [0.1, 0.15) is 31.9 Å². The second-order valence-electron chi connectivity index (χ2n) is 7.12. The molecule has 0 aromatic heterocycles. The summed E-state index contributed by atoms with van der Waals surface area (Å²) in [6.07, 6.45) is -0.557. The molecule has 0 saturated heterocycles. The van der Waals surface area contributed by atoms with Crippen LogP contribution in [0.25, 0.3) is 0 Å². The highest BCUT2D eigenvalue weighted by Crippen LogP contribution is 2.11. The first-order valence-electron chi connectivity index (χ1n) is 8.67. The van der Waals surface area contributed by atoms with Gasteiger partial charge in [-0.2, -0.15) is 0 Å². The molecule has 1 N–H and O–H groups in total. The Morgan fingerprint density at radius 3 is 2.22 bits per heavy atom. The van der Waals surface area contributed by atoms with Gasteiger partial charge in [0.05, 0.1) is 0 Å². The summed E-state index contributed by atoms with van der Waals surface area (Å²) in [4.78, 5) is 24.6. The van der Waals surface area contributed by atoms with Crippen molar-refractivity contribution in [2.45, 2.75) is 45.4 Å². The van der Waals surface area contributed by atoms with Crippen molar-refractivity contribution in [3.63, 3.8) is 0 Å². The number of alkyl carbamates (subject to hydrolysis) is 1. The molecule has 0 aliphatic carbocycles. The molecule has 0 aliphatic heterocycles. The van der Waals surface area contributed by atoms with Gasteiger partial charge < -0.3 is 14.8 Å². The van der Waals surface area contributed by atoms with Gasteiger partial charge in [-0.05, 0) is 44.0 Å². The van der Waals surface area contributed by atoms with Gasteiger partial charge in [0.1, 0.15) is 24.1 Å². The van der Waals surface area contributed by atoms with Crippen molar-refractivity contribution >= 4 is 12.1 Å². The third-order valence-electron chi connectivity index (χ3n) is 3.55. The standard InChI is InChI=1S/C21H24FNO4/c1-21(2,3)27-20(25)23-18(13-15-9-11-17(22)12-10-15)19(24)26-14-16-7-5-4-6-8-16/h4-12,18H,13-14H2,1-3H3,(H,23,25)/t18-/m0/s1. The number of halogens is 1. The maximum Gasteiger partial charge on any atom is 0.408 e. The Labute approximate surface area is 158 Å². The van der Waals surface area contributed by atoms with E-state index in [0.717, 1.165) is 5.56 Å². The van der Waals surface area contributed by atoms with E-state index in [9.17, 15) is 14.0 Å². The molecule has 6 heteroatoms. The number of carbonyl (C=O) groups excluding carboxylic acids is 2. The third-order valence-corrected chi connectivity index (χ3v) is 3.55. The summed E-state index contributed by atoms with van der Waals surface area (Å²) in [5.74, 6) is -0.962. The topological polar surface area (TPSA) is 64.6 Å². The highest BCUT2D eigenvalue weighted by molar-refractivity contribution is 5.81. The third kappa shape index (κ3) is 7.48. The monoisotopic (exact) mass is 373 g/mol. The number of nitrogens with one attached hydrogen (secondary N) is 1. The second kappa shape index (κ2) is 9.16. The molecular weight excluding hydrogens is 349 g/mol. The number of ether oxygens (including phenoxy) is 2. The molecule has 0 radical (unpaired) electrons. The molecule has 0 bridgehead atoms. The highest BCUT2D eigenvalue weighted by Gasteiger charge is 2.26. The van der Waals surface area contributed by atoms with Crippen LogP contribution in [0, 0.1) is 5.82 Å². The first-order chi connectivity index (χ1) is 12.7. The molecule has 2 aromatic rings. The number of hydrogen-bond acceptors (Lipinski definition) is 4. The Kier molecular flexibility index (Phi) is 6.93. The van der Waals surface area contributed by atoms with E-state index in [4.69, 9.17) is 9.47 Å². The van der Waals surface area contributed by atoms with Crippen molar-refractivity contribution in [2.75, 3.05) is 0 Å². The maximum absolute atomic E-state index is 13.1. The zero-order valence-electron chi connectivity index (χ0n) is 15.7. The number of benzene rings is 2. The summed E-state index contributed by atoms with van der Waals surface area (Å²) in [5, 5.41) is 2.54. The molecule has 5 nitrogen and oxygen atoms in total. The van der Waals surface area contributed by atoms with Crippen molar-refractivity contribution in [1.29, 1.82) is 0 Å². The summed E-state index contributed by atoms with van der Waals surface area (Å²) in [7, 11) is 0. The zero-order valence-corrected chi connectivity index (χ0v) is 15.7. The number of carbonyl (C=O) groups is 2. The van der Waals surface area contributed by atoms with E-state index in [1.54, 1.807) is 32.9 Å². The molecule has 0 saturated carbocycles. The zero-order chi connectivity index (χ0) is 19.9. The van der Waals surface area contributed by atoms with E-state index in [2.05, 4.69) is 5.32 Å². The smallest absolute Gasteiger partial charge is 0.408 e. The van der Waals surface area contributed by atoms with Crippen LogP contribution in [0.15, 0.2) is 54.6 Å². The Hall–Kier alpha value is -2.89. The number of rotatable bonds is 6. The summed E-state index contributed by atoms with van der Waals surface area (Å²) in [6.45, 7) is 5.29. The fourth-order valence-electron chi connectivity index (χ4n) is 2.33. The van der Waals surface area contributed by atoms with Crippen molar-refractivity contribution < 1.29 is 23.5 Å². The fourth-order valence-corrected chi connectivity index (χ4v) is 2.33. The Balaban J connectivity index is 2.06. The normalized spacial score (nSPS) is 12.1. The predicted octanol–water partition coefficient (Wildman–Crippen LogP) is 4.00. The van der Waals surface area contributed by atoms with Gasteiger partial charge in [0.2, 0.25) is 0 Å². The fraction of sp³-hybridized carbons (Fsp3) is 0.333. The summed E-state index contributed by atoms with van der Waals surface area (Å²) >= 11 is 0. The van der Waals surface area contributed by atoms with Crippen molar-refractivity contribution in [1.82, 2.24) is 5.32 Å². The number of amides is 1. The van der Waals surface area contributed by atoms with E-state index < -0.39 is 23.7 Å². The molecule has 144 valence electrons. The van der Waals surface area contributed by atoms with Crippen molar-refractivity contribution in [3.8, 4) is 0 Å². The molecule has 1 atom stereocenters. The molecule has 0 fully saturated rings. The largest absolute Gasteiger partial charge is 0.459 e. The first kappa shape index (κ1) is 20.4. The molecule has 2 rings (SSSR count). The lowest BCUT2D eigenvalue weighted by Crippen LogP contribution is -2.45. The van der Waals surface area contributed by atoms with E-state index in [-0.39, 0.29) is 18.8 Å². The van der Waals surface area contributed by atoms with E-state index >= 15 is 0 Å². The SMILES string of the molecule is CC(C)(C)OC(=O)N[C@@H](Cc1ccc(F)cc1)C(=O)OCc1ccccc1. The quantitative estimate of drug-likeness (QED) is 0.777. The van der Waals surface area contributed by atoms with Gasteiger partial charge in [0.25, 0.3) is 0 Å². The molecule has 0 spiro atoms. The number of esters is 1. The molecule has 1 amide bonds. The van der Waals surface area contributed by atoms with E-state index in [1.165, 1.54) is 12.1 Å². The van der Waals surface area contributed by atoms with Crippen LogP contribution in [0.5, 0.6) is 0 Å². The Bertz CT molecular complexity index is 754. The lowest BCUT2D eigenvalue weighted by atomic mass is 10.1. The second-order valence-corrected chi connectivity index (χ2v) is 7.12. The first-order valence-corrected chi connectivity index (χ1v) is 8.67. The van der Waals surface area contributed by atoms with Crippen LogP contribution in [-0.4, -0.2) is 23.7 Å². The lowest BCUT2D eigenvalue weighted by molar-refractivity contribution is -0.147. The maximum atomic E-state index is 13.1. The highest BCUT2D eigenvalue weighted by atomic mass is 19.1. The molecular formula is C21H24FNO4. The van der Waals surface area contributed by atoms with Gasteiger partial charge in [-0.1, -0.05) is 42.5 Å². The number of hydrogen-bond donors (Lipinski definition) is 1. The van der Waals surface area contributed by atoms with Crippen molar-refractivity contribution in [2.24, 2.45) is 0 Å². The predicted molar refractivity (Wildman–Crippen MR) is 99.5 cm³/mol. The van der Waals surface area contributed by atoms with Crippen molar-refractivity contribution in [3.05, 3.63) is 71.5 Å². The lowest BCUT2D eigenvalue weighted by Gasteiger charge is -2.23. The average molecular weight is 373 g/mol. The Morgan fingerprint density at radius 1 is 1.00 bits per heavy atom. The minimum atomic E-state index is -0.950. The summed E-state index contributed by atoms with van der Waals surface area (Å²) in [6, 6.07) is 14.0. The molecule has 2 aromatic carbocycles. The minimum Gasteiger partial charge on any atom is -0.459 e. The van der Waals surface area contributed by atoms with E-state index in [0.29, 0.717) is 5.56 Å². The van der Waals surface area contributed by atoms with Gasteiger partial charge in [-0.25, -0.2) is 14.0 Å². The van der Waals surface area contributed by atoms with Crippen LogP contribution in [0.4, 0.5) is 9.18 Å². The molecule has 0 aliphatic rings. The van der Waals surface area contributed by atoms with Gasteiger partial charge in [0.15, 0.2) is 0 Å². The molecule has 0 unspecified atom stereocenters. The van der Waals surface area contributed by atoms with Crippen LogP contribution >= 0.6 is 0 Å². The molecule has 0 heterocycles. The van der Waals surface area contributed by atoms with Crippen LogP contribution in [-0.2, 0) is 27.3 Å². The minimum absolute atomic E-state index is 0.0928. The summed E-state index contributed by atoms with van der Waals surface area (Å²) < 4.78 is 23.7. The van der Waals surface area contributed by atoms with Gasteiger partial charge >= 0.3 is 12.1 Å². The Morgan fingerprint density at radius 2 is 1.63 bits per heavy atom. The van der Waals surface area contributed by atoms with E-state index in [1.807, 2.05) is 30.3 Å². The van der Waals surface area contributed by atoms with Gasteiger partial charge in [-0.15, -0.1) is 0 Å². The van der Waals surface area contributed by atoms with Gasteiger partial charge in [0, 0.05) is 6.42 Å². The molecule has 27 heavy (non-hydrogen) atoms.